The number of hydrogen-bond donors (Lipinski definition) is 3. The number of anilines is 3. The molecule has 1 aromatic carbocycles. The average molecular weight is 363 g/mol. The van der Waals surface area contributed by atoms with Crippen molar-refractivity contribution in [3.8, 4) is 11.8 Å². The molecule has 0 unspecified atom stereocenters. The summed E-state index contributed by atoms with van der Waals surface area (Å²) in [5, 5.41) is 20.3. The maximum atomic E-state index is 11.0. The fourth-order valence-electron chi connectivity index (χ4n) is 2.70. The average Bonchev–Trinajstić information content (AvgIpc) is 3.34. The molecule has 1 aliphatic rings. The third-order valence-corrected chi connectivity index (χ3v) is 4.19. The van der Waals surface area contributed by atoms with E-state index in [0.29, 0.717) is 34.6 Å². The third kappa shape index (κ3) is 3.46. The first kappa shape index (κ1) is 16.7. The van der Waals surface area contributed by atoms with Gasteiger partial charge >= 0.3 is 6.09 Å². The summed E-state index contributed by atoms with van der Waals surface area (Å²) in [5.41, 5.74) is 8.30. The lowest BCUT2D eigenvalue weighted by atomic mass is 10.2. The molecule has 0 bridgehead atoms. The van der Waals surface area contributed by atoms with Crippen LogP contribution in [0, 0.1) is 18.3 Å². The molecule has 9 nitrogen and oxygen atoms in total. The fraction of sp³-hybridized carbons (Fsp3) is 0.222. The molecule has 1 fully saturated rings. The second-order valence-electron chi connectivity index (χ2n) is 6.38. The first-order valence-corrected chi connectivity index (χ1v) is 8.44. The van der Waals surface area contributed by atoms with Crippen LogP contribution in [-0.4, -0.2) is 26.7 Å². The van der Waals surface area contributed by atoms with Crippen LogP contribution in [0.25, 0.3) is 5.65 Å². The molecule has 4 N–H and O–H groups in total. The minimum atomic E-state index is -0.872. The molecule has 9 heteroatoms. The number of aromatic nitrogens is 3. The van der Waals surface area contributed by atoms with Crippen LogP contribution in [-0.2, 0) is 0 Å². The van der Waals surface area contributed by atoms with Gasteiger partial charge in [0.15, 0.2) is 17.2 Å². The molecular weight excluding hydrogens is 346 g/mol. The monoisotopic (exact) mass is 363 g/mol. The number of amides is 1. The first-order valence-electron chi connectivity index (χ1n) is 8.44. The highest BCUT2D eigenvalue weighted by Gasteiger charge is 2.23. The maximum Gasteiger partial charge on any atom is 0.409 e. The Kier molecular flexibility index (Phi) is 4.01. The van der Waals surface area contributed by atoms with Crippen molar-refractivity contribution in [2.75, 3.05) is 10.6 Å². The second-order valence-corrected chi connectivity index (χ2v) is 6.38. The number of ether oxygens (including phenoxy) is 1. The maximum absolute atomic E-state index is 11.0. The second kappa shape index (κ2) is 6.49. The molecule has 2 heterocycles. The Hall–Kier alpha value is -3.80. The number of nitrogens with two attached hydrogens (primary N) is 1. The highest BCUT2D eigenvalue weighted by molar-refractivity contribution is 5.74. The Labute approximate surface area is 154 Å². The molecule has 0 aliphatic heterocycles. The van der Waals surface area contributed by atoms with Crippen molar-refractivity contribution >= 4 is 28.9 Å². The van der Waals surface area contributed by atoms with Crippen LogP contribution in [0.1, 0.15) is 24.1 Å². The zero-order chi connectivity index (χ0) is 19.0. The van der Waals surface area contributed by atoms with E-state index in [-0.39, 0.29) is 0 Å². The van der Waals surface area contributed by atoms with Gasteiger partial charge in [0.1, 0.15) is 11.8 Å². The number of nitrogens with one attached hydrogen (secondary N) is 2. The molecule has 2 aromatic heterocycles. The molecule has 0 spiro atoms. The zero-order valence-corrected chi connectivity index (χ0v) is 14.6. The van der Waals surface area contributed by atoms with Crippen LogP contribution in [0.4, 0.5) is 22.0 Å². The summed E-state index contributed by atoms with van der Waals surface area (Å²) >= 11 is 0. The molecule has 4 rings (SSSR count). The van der Waals surface area contributed by atoms with E-state index in [1.807, 2.05) is 19.1 Å². The van der Waals surface area contributed by atoms with E-state index in [9.17, 15) is 10.1 Å². The Morgan fingerprint density at radius 3 is 2.93 bits per heavy atom. The van der Waals surface area contributed by atoms with Gasteiger partial charge in [0, 0.05) is 23.9 Å². The van der Waals surface area contributed by atoms with Crippen LogP contribution in [0.3, 0.4) is 0 Å². The summed E-state index contributed by atoms with van der Waals surface area (Å²) in [6.07, 6.45) is 2.83. The Bertz CT molecular complexity index is 1080. The normalized spacial score (nSPS) is 13.2. The van der Waals surface area contributed by atoms with E-state index in [1.165, 1.54) is 10.7 Å². The molecule has 1 saturated carbocycles. The Morgan fingerprint density at radius 1 is 1.41 bits per heavy atom. The minimum Gasteiger partial charge on any atom is -0.410 e. The van der Waals surface area contributed by atoms with Crippen molar-refractivity contribution in [1.82, 2.24) is 14.6 Å². The summed E-state index contributed by atoms with van der Waals surface area (Å²) in [4.78, 5) is 15.3. The summed E-state index contributed by atoms with van der Waals surface area (Å²) in [5.74, 6) is 0.888. The fourth-order valence-corrected chi connectivity index (χ4v) is 2.70. The van der Waals surface area contributed by atoms with Gasteiger partial charge in [0.05, 0.1) is 11.9 Å². The van der Waals surface area contributed by atoms with Gasteiger partial charge in [-0.05, 0) is 31.4 Å². The van der Waals surface area contributed by atoms with Crippen LogP contribution in [0.15, 0.2) is 30.5 Å². The van der Waals surface area contributed by atoms with Crippen molar-refractivity contribution in [1.29, 1.82) is 5.26 Å². The lowest BCUT2D eigenvalue weighted by Crippen LogP contribution is -2.16. The predicted molar refractivity (Wildman–Crippen MR) is 99.0 cm³/mol. The van der Waals surface area contributed by atoms with Crippen molar-refractivity contribution < 1.29 is 9.53 Å². The number of primary amides is 1. The molecule has 136 valence electrons. The van der Waals surface area contributed by atoms with Crippen LogP contribution >= 0.6 is 0 Å². The van der Waals surface area contributed by atoms with E-state index in [0.717, 1.165) is 24.1 Å². The Morgan fingerprint density at radius 2 is 2.22 bits per heavy atom. The highest BCUT2D eigenvalue weighted by Crippen LogP contribution is 2.30. The number of nitriles is 1. The number of aryl methyl sites for hydroxylation is 1. The topological polar surface area (TPSA) is 130 Å². The van der Waals surface area contributed by atoms with Gasteiger partial charge < -0.3 is 21.1 Å². The number of rotatable bonds is 5. The summed E-state index contributed by atoms with van der Waals surface area (Å²) in [7, 11) is 0. The molecular formula is C18H17N7O2. The largest absolute Gasteiger partial charge is 0.410 e. The number of carbonyl (C=O) groups is 1. The van der Waals surface area contributed by atoms with Gasteiger partial charge in [-0.3, -0.25) is 0 Å². The van der Waals surface area contributed by atoms with Gasteiger partial charge in [-0.1, -0.05) is 6.07 Å². The van der Waals surface area contributed by atoms with Gasteiger partial charge in [-0.25, -0.2) is 9.78 Å². The van der Waals surface area contributed by atoms with Crippen molar-refractivity contribution in [3.05, 3.63) is 41.7 Å². The first-order chi connectivity index (χ1) is 13.0. The number of benzene rings is 1. The third-order valence-electron chi connectivity index (χ3n) is 4.19. The summed E-state index contributed by atoms with van der Waals surface area (Å²) < 4.78 is 6.51. The van der Waals surface area contributed by atoms with Crippen molar-refractivity contribution in [3.63, 3.8) is 0 Å². The van der Waals surface area contributed by atoms with E-state index < -0.39 is 6.09 Å². The van der Waals surface area contributed by atoms with Gasteiger partial charge in [0.2, 0.25) is 0 Å². The van der Waals surface area contributed by atoms with E-state index in [1.54, 1.807) is 12.1 Å². The van der Waals surface area contributed by atoms with E-state index in [4.69, 9.17) is 10.5 Å². The number of nitrogens with zero attached hydrogens (tertiary/aromatic N) is 4. The van der Waals surface area contributed by atoms with Gasteiger partial charge in [0.25, 0.3) is 0 Å². The highest BCUT2D eigenvalue weighted by atomic mass is 16.5. The number of fused-ring (bicyclic) bond motifs is 1. The molecule has 0 radical (unpaired) electrons. The zero-order valence-electron chi connectivity index (χ0n) is 14.6. The van der Waals surface area contributed by atoms with Gasteiger partial charge in [-0.2, -0.15) is 9.78 Å². The molecule has 0 saturated heterocycles. The molecule has 3 aromatic rings. The quantitative estimate of drug-likeness (QED) is 0.635. The lowest BCUT2D eigenvalue weighted by Gasteiger charge is -2.12. The van der Waals surface area contributed by atoms with E-state index >= 15 is 0 Å². The van der Waals surface area contributed by atoms with Crippen LogP contribution in [0.2, 0.25) is 0 Å². The van der Waals surface area contributed by atoms with Crippen molar-refractivity contribution in [2.45, 2.75) is 25.8 Å². The molecule has 27 heavy (non-hydrogen) atoms. The summed E-state index contributed by atoms with van der Waals surface area (Å²) in [6.45, 7) is 1.81. The molecule has 1 amide bonds. The van der Waals surface area contributed by atoms with Crippen LogP contribution in [0.5, 0.6) is 5.75 Å². The minimum absolute atomic E-state index is 0.342. The lowest BCUT2D eigenvalue weighted by molar-refractivity contribution is 0.210. The van der Waals surface area contributed by atoms with Crippen molar-refractivity contribution in [2.24, 2.45) is 5.73 Å². The molecule has 1 aliphatic carbocycles. The number of carbonyl (C=O) groups excluding carboxylic acids is 1. The Balaban J connectivity index is 1.71. The smallest absolute Gasteiger partial charge is 0.409 e. The van der Waals surface area contributed by atoms with Gasteiger partial charge in [-0.15, -0.1) is 5.10 Å². The predicted octanol–water partition coefficient (Wildman–Crippen LogP) is 2.68. The summed E-state index contributed by atoms with van der Waals surface area (Å²) in [6, 6.07) is 9.65. The SMILES string of the molecule is Cc1ccc(Nc2cc(NC3CC3)c3ncc(C#N)n3n2)cc1OC(N)=O. The van der Waals surface area contributed by atoms with Crippen LogP contribution < -0.4 is 21.1 Å². The standard InChI is InChI=1S/C18H17N7O2/c1-10-2-3-12(6-15(10)27-18(20)26)23-16-7-14(22-11-4-5-11)17-21-9-13(8-19)25(17)24-16/h2-3,6-7,9,11,22H,4-5H2,1H3,(H2,20,26)(H,23,24). The van der Waals surface area contributed by atoms with E-state index in [2.05, 4.69) is 26.8 Å². The number of hydrogen-bond acceptors (Lipinski definition) is 7. The molecule has 0 atom stereocenters. The number of imidazole rings is 1.